The van der Waals surface area contributed by atoms with Crippen LogP contribution in [0.3, 0.4) is 0 Å². The smallest absolute Gasteiger partial charge is 0.136 e. The van der Waals surface area contributed by atoms with E-state index < -0.39 is 0 Å². The zero-order valence-electron chi connectivity index (χ0n) is 27.5. The Morgan fingerprint density at radius 2 is 1.00 bits per heavy atom. The minimum atomic E-state index is 0.909. The van der Waals surface area contributed by atoms with Crippen LogP contribution in [-0.2, 0) is 0 Å². The molecular weight excluding hydrogens is 621 g/mol. The Kier molecular flexibility index (Phi) is 5.23. The van der Waals surface area contributed by atoms with Crippen LogP contribution >= 0.6 is 0 Å². The minimum absolute atomic E-state index is 0.909. The summed E-state index contributed by atoms with van der Waals surface area (Å²) in [6.45, 7) is 0. The van der Waals surface area contributed by atoms with Crippen molar-refractivity contribution in [3.05, 3.63) is 170 Å². The Morgan fingerprint density at radius 3 is 1.94 bits per heavy atom. The highest BCUT2D eigenvalue weighted by Gasteiger charge is 2.24. The van der Waals surface area contributed by atoms with Gasteiger partial charge in [0.2, 0.25) is 0 Å². The molecule has 0 atom stereocenters. The maximum absolute atomic E-state index is 6.29. The molecule has 4 heterocycles. The molecule has 8 aromatic carbocycles. The van der Waals surface area contributed by atoms with E-state index in [0.29, 0.717) is 0 Å². The summed E-state index contributed by atoms with van der Waals surface area (Å²) in [4.78, 5) is 0. The Bertz CT molecular complexity index is 3360. The number of hydrogen-bond acceptors (Lipinski definition) is 1. The maximum atomic E-state index is 6.29. The van der Waals surface area contributed by atoms with E-state index >= 15 is 0 Å². The highest BCUT2D eigenvalue weighted by atomic mass is 16.3. The Hall–Kier alpha value is -6.84. The number of para-hydroxylation sites is 3. The lowest BCUT2D eigenvalue weighted by atomic mass is 9.99. The summed E-state index contributed by atoms with van der Waals surface area (Å²) in [7, 11) is 0. The van der Waals surface area contributed by atoms with Gasteiger partial charge >= 0.3 is 0 Å². The van der Waals surface area contributed by atoms with E-state index in [9.17, 15) is 0 Å². The van der Waals surface area contributed by atoms with Crippen molar-refractivity contribution in [2.75, 3.05) is 0 Å². The molecule has 0 aliphatic carbocycles. The van der Waals surface area contributed by atoms with Gasteiger partial charge in [0, 0.05) is 49.0 Å². The van der Waals surface area contributed by atoms with Crippen molar-refractivity contribution in [1.29, 1.82) is 0 Å². The molecule has 0 spiro atoms. The first-order valence-electron chi connectivity index (χ1n) is 17.5. The fourth-order valence-electron chi connectivity index (χ4n) is 9.01. The van der Waals surface area contributed by atoms with Gasteiger partial charge in [-0.25, -0.2) is 0 Å². The van der Waals surface area contributed by atoms with E-state index in [4.69, 9.17) is 4.42 Å². The van der Waals surface area contributed by atoms with Crippen molar-refractivity contribution >= 4 is 81.8 Å². The molecule has 3 nitrogen and oxygen atoms in total. The summed E-state index contributed by atoms with van der Waals surface area (Å²) in [5.74, 6) is 0. The normalized spacial score (nSPS) is 12.3. The Morgan fingerprint density at radius 1 is 0.353 bits per heavy atom. The second kappa shape index (κ2) is 9.87. The van der Waals surface area contributed by atoms with Crippen LogP contribution < -0.4 is 0 Å². The minimum Gasteiger partial charge on any atom is -0.456 e. The predicted molar refractivity (Wildman–Crippen MR) is 214 cm³/mol. The van der Waals surface area contributed by atoms with Gasteiger partial charge < -0.3 is 13.4 Å². The van der Waals surface area contributed by atoms with Gasteiger partial charge in [-0.2, -0.15) is 0 Å². The van der Waals surface area contributed by atoms with Gasteiger partial charge in [0.1, 0.15) is 11.2 Å². The molecule has 12 aromatic rings. The van der Waals surface area contributed by atoms with E-state index in [2.05, 4.69) is 173 Å². The van der Waals surface area contributed by atoms with Crippen molar-refractivity contribution in [2.45, 2.75) is 0 Å². The molecule has 0 unspecified atom stereocenters. The molecule has 0 saturated heterocycles. The predicted octanol–water partition coefficient (Wildman–Crippen LogP) is 13.2. The van der Waals surface area contributed by atoms with Gasteiger partial charge in [-0.05, 0) is 64.5 Å². The second-order valence-electron chi connectivity index (χ2n) is 13.6. The molecule has 0 fully saturated rings. The lowest BCUT2D eigenvalue weighted by Crippen LogP contribution is -1.95. The van der Waals surface area contributed by atoms with Crippen LogP contribution in [0.25, 0.3) is 110 Å². The van der Waals surface area contributed by atoms with Crippen LogP contribution in [-0.4, -0.2) is 8.97 Å². The number of benzene rings is 8. The van der Waals surface area contributed by atoms with E-state index in [1.54, 1.807) is 0 Å². The van der Waals surface area contributed by atoms with Crippen molar-refractivity contribution in [3.8, 4) is 27.9 Å². The zero-order chi connectivity index (χ0) is 33.2. The van der Waals surface area contributed by atoms with Gasteiger partial charge in [-0.3, -0.25) is 0 Å². The van der Waals surface area contributed by atoms with Crippen LogP contribution in [0.1, 0.15) is 0 Å². The summed E-state index contributed by atoms with van der Waals surface area (Å²) in [6, 6.07) is 61.7. The number of aromatic nitrogens is 2. The molecule has 0 aliphatic rings. The molecular formula is C48H28N2O. The van der Waals surface area contributed by atoms with E-state index in [1.807, 2.05) is 6.07 Å². The van der Waals surface area contributed by atoms with E-state index in [-0.39, 0.29) is 0 Å². The molecule has 0 aliphatic heterocycles. The number of rotatable bonds is 3. The molecule has 236 valence electrons. The third-order valence-corrected chi connectivity index (χ3v) is 11.0. The summed E-state index contributed by atoms with van der Waals surface area (Å²) >= 11 is 0. The van der Waals surface area contributed by atoms with Crippen molar-refractivity contribution in [3.63, 3.8) is 0 Å². The summed E-state index contributed by atoms with van der Waals surface area (Å²) in [5.41, 5.74) is 13.9. The van der Waals surface area contributed by atoms with Crippen LogP contribution in [0.5, 0.6) is 0 Å². The third-order valence-electron chi connectivity index (χ3n) is 11.0. The Labute approximate surface area is 292 Å². The molecule has 3 heteroatoms. The first kappa shape index (κ1) is 27.0. The standard InChI is InChI=1S/C48H28N2O/c1-2-12-29(13-3-1)33-19-9-21-36-35-20-10-23-40-45(35)46-41(27-26-37-34-16-4-6-22-39(34)50(47(33)36)48(37)46)49(40)31-15-8-14-30(28-31)32-18-11-25-43-44(32)38-17-5-7-24-42(38)51-43/h1-28H. The van der Waals surface area contributed by atoms with Crippen LogP contribution in [0.4, 0.5) is 0 Å². The average molecular weight is 649 g/mol. The SMILES string of the molecule is c1ccc(-c2cccc3c4cccc5c4c4c(ccc6c7ccccc7n(c23)c64)n5-c2cccc(-c3cccc4oc5ccccc5c34)c2)cc1. The molecule has 0 radical (unpaired) electrons. The van der Waals surface area contributed by atoms with Crippen LogP contribution in [0.15, 0.2) is 174 Å². The largest absolute Gasteiger partial charge is 0.456 e. The average Bonchev–Trinajstić information content (AvgIpc) is 3.82. The number of furan rings is 1. The monoisotopic (exact) mass is 648 g/mol. The second-order valence-corrected chi connectivity index (χ2v) is 13.6. The van der Waals surface area contributed by atoms with Gasteiger partial charge in [0.05, 0.1) is 27.6 Å². The van der Waals surface area contributed by atoms with Crippen molar-refractivity contribution in [1.82, 2.24) is 8.97 Å². The fraction of sp³-hybridized carbons (Fsp3) is 0. The molecule has 0 N–H and O–H groups in total. The molecule has 51 heavy (non-hydrogen) atoms. The van der Waals surface area contributed by atoms with E-state index in [0.717, 1.165) is 33.2 Å². The van der Waals surface area contributed by atoms with Gasteiger partial charge in [0.25, 0.3) is 0 Å². The first-order chi connectivity index (χ1) is 25.3. The molecule has 0 saturated carbocycles. The molecule has 12 rings (SSSR count). The lowest BCUT2D eigenvalue weighted by Gasteiger charge is -2.12. The van der Waals surface area contributed by atoms with Gasteiger partial charge in [-0.1, -0.05) is 127 Å². The molecule has 4 aromatic heterocycles. The zero-order valence-corrected chi connectivity index (χ0v) is 27.5. The third kappa shape index (κ3) is 3.52. The van der Waals surface area contributed by atoms with Gasteiger partial charge in [-0.15, -0.1) is 0 Å². The topological polar surface area (TPSA) is 22.5 Å². The number of nitrogens with zero attached hydrogens (tertiary/aromatic N) is 2. The summed E-state index contributed by atoms with van der Waals surface area (Å²) < 4.78 is 11.3. The van der Waals surface area contributed by atoms with Crippen LogP contribution in [0.2, 0.25) is 0 Å². The van der Waals surface area contributed by atoms with E-state index in [1.165, 1.54) is 76.6 Å². The number of hydrogen-bond donors (Lipinski definition) is 0. The quantitative estimate of drug-likeness (QED) is 0.187. The molecule has 0 bridgehead atoms. The Balaban J connectivity index is 1.24. The maximum Gasteiger partial charge on any atom is 0.136 e. The van der Waals surface area contributed by atoms with Crippen molar-refractivity contribution in [2.24, 2.45) is 0 Å². The highest BCUT2D eigenvalue weighted by molar-refractivity contribution is 6.33. The first-order valence-corrected chi connectivity index (χ1v) is 17.5. The lowest BCUT2D eigenvalue weighted by molar-refractivity contribution is 0.669. The van der Waals surface area contributed by atoms with Gasteiger partial charge in [0.15, 0.2) is 0 Å². The highest BCUT2D eigenvalue weighted by Crippen LogP contribution is 2.47. The van der Waals surface area contributed by atoms with Crippen molar-refractivity contribution < 1.29 is 4.42 Å². The van der Waals surface area contributed by atoms with Crippen LogP contribution in [0, 0.1) is 0 Å². The molecule has 0 amide bonds. The fourth-order valence-corrected chi connectivity index (χ4v) is 9.01. The summed E-state index contributed by atoms with van der Waals surface area (Å²) in [5, 5.41) is 9.92. The summed E-state index contributed by atoms with van der Waals surface area (Å²) in [6.07, 6.45) is 0. The number of fused-ring (bicyclic) bond motifs is 9.